The molecule has 4 aromatic rings. The van der Waals surface area contributed by atoms with Crippen LogP contribution in [0, 0.1) is 30.6 Å². The summed E-state index contributed by atoms with van der Waals surface area (Å²) in [4.78, 5) is 59.3. The lowest BCUT2D eigenvalue weighted by molar-refractivity contribution is -0.123. The summed E-state index contributed by atoms with van der Waals surface area (Å²) < 4.78 is 5.45. The highest BCUT2D eigenvalue weighted by Crippen LogP contribution is 2.60. The third-order valence-corrected chi connectivity index (χ3v) is 12.5. The van der Waals surface area contributed by atoms with E-state index in [-0.39, 0.29) is 56.5 Å². The Morgan fingerprint density at radius 1 is 0.909 bits per heavy atom. The fourth-order valence-electron chi connectivity index (χ4n) is 6.93. The minimum absolute atomic E-state index is 0.135. The Balaban J connectivity index is 1.16. The number of ketones is 1. The number of amides is 2. The second kappa shape index (κ2) is 11.2. The van der Waals surface area contributed by atoms with E-state index in [1.165, 1.54) is 4.90 Å². The molecule has 7 nitrogen and oxygen atoms in total. The molecule has 0 spiro atoms. The summed E-state index contributed by atoms with van der Waals surface area (Å²) in [5.41, 5.74) is 3.89. The molecule has 44 heavy (non-hydrogen) atoms. The van der Waals surface area contributed by atoms with Gasteiger partial charge in [0.25, 0.3) is 0 Å². The number of alkyl halides is 2. The Bertz CT molecular complexity index is 1830. The van der Waals surface area contributed by atoms with E-state index in [0.717, 1.165) is 12.0 Å². The maximum absolute atomic E-state index is 13.5. The average Bonchev–Trinajstić information content (AvgIpc) is 3.64. The van der Waals surface area contributed by atoms with Crippen LogP contribution in [0.4, 0.5) is 5.69 Å². The SMILES string of the molecule is Cc1ccc(C(=O)COC(=O)c2cc(-c3ccc(N4C(=O)C5C6CC(C(Br)C6Br)C5C4=O)cc3)nc3ccc(Cl)cc23)cc1. The molecule has 2 saturated carbocycles. The van der Waals surface area contributed by atoms with Crippen LogP contribution in [0.2, 0.25) is 5.02 Å². The third kappa shape index (κ3) is 4.80. The molecule has 3 aliphatic rings. The highest BCUT2D eigenvalue weighted by Gasteiger charge is 2.66. The number of hydrogen-bond acceptors (Lipinski definition) is 6. The molecule has 1 aliphatic heterocycles. The minimum Gasteiger partial charge on any atom is -0.454 e. The Kier molecular flexibility index (Phi) is 7.46. The second-order valence-corrected chi connectivity index (χ2v) is 14.2. The standard InChI is InChI=1S/C34H25Br2ClN2O5/c1-16-2-4-18(5-3-16)27(40)15-44-34(43)22-14-26(38-25-11-8-19(37)12-21(22)25)17-6-9-20(10-7-17)39-32(41)28-23-13-24(29(28)33(39)42)31(36)30(23)35/h2-12,14,23-24,28-31H,13,15H2,1H3. The molecule has 3 aromatic carbocycles. The number of aromatic nitrogens is 1. The van der Waals surface area contributed by atoms with Crippen molar-refractivity contribution in [3.8, 4) is 11.3 Å². The van der Waals surface area contributed by atoms with E-state index in [4.69, 9.17) is 21.3 Å². The number of nitrogens with zero attached hydrogens (tertiary/aromatic N) is 2. The number of aryl methyl sites for hydroxylation is 1. The molecule has 222 valence electrons. The summed E-state index contributed by atoms with van der Waals surface area (Å²) in [6.45, 7) is 1.51. The van der Waals surface area contributed by atoms with Gasteiger partial charge in [-0.1, -0.05) is 85.4 Å². The molecule has 2 aliphatic carbocycles. The van der Waals surface area contributed by atoms with Crippen LogP contribution >= 0.6 is 43.5 Å². The van der Waals surface area contributed by atoms with Crippen LogP contribution in [0.3, 0.4) is 0 Å². The van der Waals surface area contributed by atoms with Crippen LogP contribution in [-0.2, 0) is 14.3 Å². The predicted octanol–water partition coefficient (Wildman–Crippen LogP) is 7.19. The van der Waals surface area contributed by atoms with Gasteiger partial charge in [0.15, 0.2) is 12.4 Å². The molecule has 0 radical (unpaired) electrons. The second-order valence-electron chi connectivity index (χ2n) is 11.6. The van der Waals surface area contributed by atoms with Crippen LogP contribution in [0.1, 0.15) is 32.7 Å². The molecule has 7 rings (SSSR count). The van der Waals surface area contributed by atoms with Crippen molar-refractivity contribution in [3.05, 3.63) is 94.5 Å². The van der Waals surface area contributed by atoms with Crippen molar-refractivity contribution in [2.24, 2.45) is 23.7 Å². The van der Waals surface area contributed by atoms with Gasteiger partial charge in [0.2, 0.25) is 11.8 Å². The smallest absolute Gasteiger partial charge is 0.339 e. The third-order valence-electron chi connectivity index (χ3n) is 9.11. The number of rotatable bonds is 6. The summed E-state index contributed by atoms with van der Waals surface area (Å²) in [6, 6.07) is 20.7. The maximum Gasteiger partial charge on any atom is 0.339 e. The van der Waals surface area contributed by atoms with Crippen molar-refractivity contribution in [1.29, 1.82) is 0 Å². The lowest BCUT2D eigenvalue weighted by Crippen LogP contribution is -2.37. The fraction of sp³-hybridized carbons (Fsp3) is 0.265. The van der Waals surface area contributed by atoms with Gasteiger partial charge in [0.1, 0.15) is 0 Å². The van der Waals surface area contributed by atoms with E-state index < -0.39 is 12.6 Å². The number of carbonyl (C=O) groups excluding carboxylic acids is 4. The first kappa shape index (κ1) is 29.3. The Morgan fingerprint density at radius 3 is 2.18 bits per heavy atom. The largest absolute Gasteiger partial charge is 0.454 e. The Labute approximate surface area is 275 Å². The minimum atomic E-state index is -0.678. The average molecular weight is 737 g/mol. The zero-order valence-corrected chi connectivity index (χ0v) is 27.3. The van der Waals surface area contributed by atoms with Crippen LogP contribution in [0.25, 0.3) is 22.2 Å². The van der Waals surface area contributed by atoms with Gasteiger partial charge in [0.05, 0.1) is 34.3 Å². The summed E-state index contributed by atoms with van der Waals surface area (Å²) in [5.74, 6) is -1.61. The first-order valence-electron chi connectivity index (χ1n) is 14.3. The molecule has 2 heterocycles. The molecule has 3 fully saturated rings. The highest BCUT2D eigenvalue weighted by molar-refractivity contribution is 9.12. The number of carbonyl (C=O) groups is 4. The van der Waals surface area contributed by atoms with Gasteiger partial charge in [-0.05, 0) is 61.6 Å². The van der Waals surface area contributed by atoms with Gasteiger partial charge < -0.3 is 4.74 Å². The monoisotopic (exact) mass is 734 g/mol. The van der Waals surface area contributed by atoms with E-state index in [1.54, 1.807) is 60.7 Å². The molecular formula is C34H25Br2ClN2O5. The Morgan fingerprint density at radius 2 is 1.55 bits per heavy atom. The van der Waals surface area contributed by atoms with Crippen molar-refractivity contribution in [2.75, 3.05) is 11.5 Å². The maximum atomic E-state index is 13.5. The molecule has 1 saturated heterocycles. The number of anilines is 1. The number of ether oxygens (including phenoxy) is 1. The van der Waals surface area contributed by atoms with E-state index >= 15 is 0 Å². The molecule has 1 aromatic heterocycles. The van der Waals surface area contributed by atoms with Gasteiger partial charge in [0, 0.05) is 31.2 Å². The van der Waals surface area contributed by atoms with E-state index in [2.05, 4.69) is 31.9 Å². The number of imide groups is 1. The van der Waals surface area contributed by atoms with E-state index in [0.29, 0.717) is 38.4 Å². The topological polar surface area (TPSA) is 93.6 Å². The molecule has 2 amide bonds. The van der Waals surface area contributed by atoms with Gasteiger partial charge in [-0.2, -0.15) is 0 Å². The Hall–Kier alpha value is -3.40. The van der Waals surface area contributed by atoms with Crippen LogP contribution in [-0.4, -0.2) is 44.8 Å². The zero-order valence-electron chi connectivity index (χ0n) is 23.4. The normalized spacial score (nSPS) is 25.5. The summed E-state index contributed by atoms with van der Waals surface area (Å²) in [7, 11) is 0. The van der Waals surface area contributed by atoms with Crippen molar-refractivity contribution in [1.82, 2.24) is 4.98 Å². The number of fused-ring (bicyclic) bond motifs is 6. The molecule has 0 N–H and O–H groups in total. The summed E-state index contributed by atoms with van der Waals surface area (Å²) in [6.07, 6.45) is 0.870. The molecule has 10 heteroatoms. The van der Waals surface area contributed by atoms with Crippen LogP contribution < -0.4 is 4.90 Å². The summed E-state index contributed by atoms with van der Waals surface area (Å²) in [5, 5.41) is 0.923. The van der Waals surface area contributed by atoms with Crippen LogP contribution in [0.5, 0.6) is 0 Å². The van der Waals surface area contributed by atoms with Gasteiger partial charge in [-0.15, -0.1) is 0 Å². The lowest BCUT2D eigenvalue weighted by atomic mass is 9.81. The lowest BCUT2D eigenvalue weighted by Gasteiger charge is -2.28. The van der Waals surface area contributed by atoms with Gasteiger partial charge in [-0.3, -0.25) is 19.3 Å². The number of Topliss-reactive ketones (excluding diaryl/α,β-unsaturated/α-hetero) is 1. The first-order chi connectivity index (χ1) is 21.1. The quantitative estimate of drug-likeness (QED) is 0.0902. The van der Waals surface area contributed by atoms with Crippen molar-refractivity contribution in [2.45, 2.75) is 23.0 Å². The zero-order chi connectivity index (χ0) is 30.9. The molecular weight excluding hydrogens is 712 g/mol. The number of halogens is 3. The molecule has 2 bridgehead atoms. The number of benzene rings is 3. The van der Waals surface area contributed by atoms with Crippen molar-refractivity contribution in [3.63, 3.8) is 0 Å². The number of pyridine rings is 1. The van der Waals surface area contributed by atoms with Crippen molar-refractivity contribution < 1.29 is 23.9 Å². The molecule has 6 unspecified atom stereocenters. The summed E-state index contributed by atoms with van der Waals surface area (Å²) >= 11 is 13.7. The van der Waals surface area contributed by atoms with Gasteiger partial charge >= 0.3 is 5.97 Å². The van der Waals surface area contributed by atoms with Gasteiger partial charge in [-0.25, -0.2) is 9.78 Å². The molecule has 6 atom stereocenters. The first-order valence-corrected chi connectivity index (χ1v) is 16.5. The van der Waals surface area contributed by atoms with Crippen LogP contribution in [0.15, 0.2) is 72.8 Å². The number of esters is 1. The van der Waals surface area contributed by atoms with E-state index in [1.807, 2.05) is 19.1 Å². The fourth-order valence-corrected chi connectivity index (χ4v) is 8.98. The highest BCUT2D eigenvalue weighted by atomic mass is 79.9. The number of hydrogen-bond donors (Lipinski definition) is 0. The van der Waals surface area contributed by atoms with Crippen molar-refractivity contribution >= 4 is 83.6 Å². The van der Waals surface area contributed by atoms with E-state index in [9.17, 15) is 19.2 Å². The predicted molar refractivity (Wildman–Crippen MR) is 174 cm³/mol.